The minimum absolute atomic E-state index is 0.0633. The Morgan fingerprint density at radius 2 is 1.51 bits per heavy atom. The number of sulfonamides is 1. The molecule has 0 unspecified atom stereocenters. The van der Waals surface area contributed by atoms with Gasteiger partial charge in [-0.05, 0) is 86.6 Å². The predicted octanol–water partition coefficient (Wildman–Crippen LogP) is 6.08. The second-order valence-electron chi connectivity index (χ2n) is 11.0. The van der Waals surface area contributed by atoms with E-state index >= 15 is 0 Å². The summed E-state index contributed by atoms with van der Waals surface area (Å²) in [6.07, 6.45) is 0. The number of hydrogen-bond acceptors (Lipinski definition) is 6. The number of benzene rings is 2. The lowest BCUT2D eigenvalue weighted by molar-refractivity contribution is -0.129. The summed E-state index contributed by atoms with van der Waals surface area (Å²) in [5.41, 5.74) is 5.45. The molecule has 0 spiro atoms. The van der Waals surface area contributed by atoms with Gasteiger partial charge in [-0.1, -0.05) is 48.8 Å². The Morgan fingerprint density at radius 1 is 0.927 bits per heavy atom. The maximum atomic E-state index is 13.7. The number of piperazine rings is 1. The molecule has 4 rings (SSSR count). The molecule has 0 bridgehead atoms. The highest BCUT2D eigenvalue weighted by molar-refractivity contribution is 7.99. The van der Waals surface area contributed by atoms with Crippen molar-refractivity contribution in [1.82, 2.24) is 24.0 Å². The van der Waals surface area contributed by atoms with Crippen molar-refractivity contribution in [3.63, 3.8) is 0 Å². The standard InChI is InChI=1S/C29H37Cl2N5O3S2/c1-17(2)15-36-28(24-9-8-23(30)14-25(24)31)32-33-29(36)40-16-26(37)34-10-12-35(13-11-34)41(38,39)27-21(6)19(4)18(3)20(5)22(27)7/h8-9,14,17H,10-13,15-16H2,1-7H3. The van der Waals surface area contributed by atoms with Crippen molar-refractivity contribution in [3.8, 4) is 11.4 Å². The van der Waals surface area contributed by atoms with Crippen LogP contribution in [-0.4, -0.2) is 70.2 Å². The molecule has 1 fully saturated rings. The number of halogens is 2. The first kappa shape index (κ1) is 31.8. The Balaban J connectivity index is 1.45. The average Bonchev–Trinajstić information content (AvgIpc) is 3.30. The fourth-order valence-electron chi connectivity index (χ4n) is 5.17. The molecule has 0 saturated carbocycles. The first-order chi connectivity index (χ1) is 19.2. The number of hydrogen-bond donors (Lipinski definition) is 0. The van der Waals surface area contributed by atoms with Crippen molar-refractivity contribution in [2.24, 2.45) is 5.92 Å². The smallest absolute Gasteiger partial charge is 0.243 e. The van der Waals surface area contributed by atoms with Gasteiger partial charge in [0, 0.05) is 43.3 Å². The van der Waals surface area contributed by atoms with Gasteiger partial charge in [0.15, 0.2) is 11.0 Å². The van der Waals surface area contributed by atoms with Crippen LogP contribution in [0.25, 0.3) is 11.4 Å². The Morgan fingerprint density at radius 3 is 2.07 bits per heavy atom. The molecule has 0 atom stereocenters. The zero-order chi connectivity index (χ0) is 30.2. The molecule has 3 aromatic rings. The summed E-state index contributed by atoms with van der Waals surface area (Å²) in [5, 5.41) is 10.4. The van der Waals surface area contributed by atoms with E-state index in [-0.39, 0.29) is 24.7 Å². The highest BCUT2D eigenvalue weighted by Crippen LogP contribution is 2.33. The Hall–Kier alpha value is -2.11. The second kappa shape index (κ2) is 12.6. The molecule has 1 saturated heterocycles. The van der Waals surface area contributed by atoms with Gasteiger partial charge < -0.3 is 9.47 Å². The van der Waals surface area contributed by atoms with Gasteiger partial charge in [0.25, 0.3) is 0 Å². The van der Waals surface area contributed by atoms with E-state index in [1.807, 2.05) is 45.3 Å². The van der Waals surface area contributed by atoms with Crippen LogP contribution in [0.5, 0.6) is 0 Å². The first-order valence-corrected chi connectivity index (χ1v) is 16.8. The normalized spacial score (nSPS) is 14.7. The largest absolute Gasteiger partial charge is 0.339 e. The van der Waals surface area contributed by atoms with Crippen molar-refractivity contribution in [2.45, 2.75) is 65.1 Å². The minimum Gasteiger partial charge on any atom is -0.339 e. The minimum atomic E-state index is -3.69. The molecule has 41 heavy (non-hydrogen) atoms. The SMILES string of the molecule is Cc1c(C)c(C)c(S(=O)(=O)N2CCN(C(=O)CSc3nnc(-c4ccc(Cl)cc4Cl)n3CC(C)C)CC2)c(C)c1C. The fraction of sp³-hybridized carbons (Fsp3) is 0.483. The molecule has 0 radical (unpaired) electrons. The lowest BCUT2D eigenvalue weighted by atomic mass is 9.95. The average molecular weight is 639 g/mol. The van der Waals surface area contributed by atoms with Crippen LogP contribution in [0, 0.1) is 40.5 Å². The van der Waals surface area contributed by atoms with Crippen molar-refractivity contribution >= 4 is 50.9 Å². The summed E-state index contributed by atoms with van der Waals surface area (Å²) in [7, 11) is -3.69. The molecule has 8 nitrogen and oxygen atoms in total. The van der Waals surface area contributed by atoms with Crippen LogP contribution in [-0.2, 0) is 21.4 Å². The van der Waals surface area contributed by atoms with Crippen LogP contribution in [0.15, 0.2) is 28.3 Å². The third kappa shape index (κ3) is 6.46. The Kier molecular flexibility index (Phi) is 9.80. The van der Waals surface area contributed by atoms with Crippen LogP contribution in [0.3, 0.4) is 0 Å². The van der Waals surface area contributed by atoms with E-state index in [0.29, 0.717) is 51.5 Å². The summed E-state index contributed by atoms with van der Waals surface area (Å²) in [6, 6.07) is 5.25. The van der Waals surface area contributed by atoms with Gasteiger partial charge >= 0.3 is 0 Å². The molecule has 1 amide bonds. The molecule has 0 N–H and O–H groups in total. The van der Waals surface area contributed by atoms with Gasteiger partial charge in [-0.3, -0.25) is 4.79 Å². The maximum Gasteiger partial charge on any atom is 0.243 e. The summed E-state index contributed by atoms with van der Waals surface area (Å²) in [4.78, 5) is 15.3. The summed E-state index contributed by atoms with van der Waals surface area (Å²) >= 11 is 13.9. The van der Waals surface area contributed by atoms with Crippen LogP contribution in [0.1, 0.15) is 41.7 Å². The van der Waals surface area contributed by atoms with Crippen molar-refractivity contribution in [1.29, 1.82) is 0 Å². The highest BCUT2D eigenvalue weighted by Gasteiger charge is 2.33. The van der Waals surface area contributed by atoms with E-state index in [1.54, 1.807) is 17.0 Å². The van der Waals surface area contributed by atoms with Crippen LogP contribution in [0.4, 0.5) is 0 Å². The summed E-state index contributed by atoms with van der Waals surface area (Å²) < 4.78 is 30.9. The van der Waals surface area contributed by atoms with E-state index in [0.717, 1.165) is 33.4 Å². The van der Waals surface area contributed by atoms with E-state index in [9.17, 15) is 13.2 Å². The number of nitrogens with zero attached hydrogens (tertiary/aromatic N) is 5. The van der Waals surface area contributed by atoms with E-state index in [1.165, 1.54) is 16.1 Å². The van der Waals surface area contributed by atoms with Gasteiger partial charge in [-0.15, -0.1) is 10.2 Å². The zero-order valence-electron chi connectivity index (χ0n) is 24.6. The molecule has 1 aliphatic rings. The lowest BCUT2D eigenvalue weighted by Gasteiger charge is -2.35. The van der Waals surface area contributed by atoms with E-state index < -0.39 is 10.0 Å². The van der Waals surface area contributed by atoms with Crippen molar-refractivity contribution in [2.75, 3.05) is 31.9 Å². The van der Waals surface area contributed by atoms with Crippen molar-refractivity contribution in [3.05, 3.63) is 56.1 Å². The van der Waals surface area contributed by atoms with Gasteiger partial charge in [0.1, 0.15) is 0 Å². The quantitative estimate of drug-likeness (QED) is 0.278. The second-order valence-corrected chi connectivity index (χ2v) is 14.6. The number of rotatable bonds is 8. The topological polar surface area (TPSA) is 88.4 Å². The monoisotopic (exact) mass is 637 g/mol. The lowest BCUT2D eigenvalue weighted by Crippen LogP contribution is -2.51. The summed E-state index contributed by atoms with van der Waals surface area (Å²) in [5.74, 6) is 1.05. The van der Waals surface area contributed by atoms with Crippen molar-refractivity contribution < 1.29 is 13.2 Å². The molecule has 12 heteroatoms. The van der Waals surface area contributed by atoms with Crippen LogP contribution < -0.4 is 0 Å². The number of aromatic nitrogens is 3. The number of carbonyl (C=O) groups excluding carboxylic acids is 1. The zero-order valence-corrected chi connectivity index (χ0v) is 27.7. The highest BCUT2D eigenvalue weighted by atomic mass is 35.5. The van der Waals surface area contributed by atoms with Gasteiger partial charge in [-0.25, -0.2) is 8.42 Å². The van der Waals surface area contributed by atoms with Gasteiger partial charge in [0.2, 0.25) is 15.9 Å². The molecular weight excluding hydrogens is 601 g/mol. The van der Waals surface area contributed by atoms with E-state index in [2.05, 4.69) is 24.0 Å². The molecule has 1 aromatic heterocycles. The number of amides is 1. The van der Waals surface area contributed by atoms with E-state index in [4.69, 9.17) is 23.2 Å². The third-order valence-corrected chi connectivity index (χ3v) is 11.6. The maximum absolute atomic E-state index is 13.7. The van der Waals surface area contributed by atoms with Gasteiger partial charge in [-0.2, -0.15) is 4.31 Å². The first-order valence-electron chi connectivity index (χ1n) is 13.6. The fourth-order valence-corrected chi connectivity index (χ4v) is 8.50. The van der Waals surface area contributed by atoms with Gasteiger partial charge in [0.05, 0.1) is 15.7 Å². The molecular formula is C29H37Cl2N5O3S2. The Bertz CT molecular complexity index is 1550. The third-order valence-electron chi connectivity index (χ3n) is 7.88. The molecule has 2 heterocycles. The Labute approximate surface area is 257 Å². The molecule has 2 aromatic carbocycles. The number of thioether (sulfide) groups is 1. The number of carbonyl (C=O) groups is 1. The van der Waals surface area contributed by atoms with Crippen LogP contribution >= 0.6 is 35.0 Å². The molecule has 1 aliphatic heterocycles. The molecule has 222 valence electrons. The molecule has 0 aliphatic carbocycles. The summed E-state index contributed by atoms with van der Waals surface area (Å²) in [6.45, 7) is 15.8. The van der Waals surface area contributed by atoms with Crippen LogP contribution in [0.2, 0.25) is 10.0 Å². The predicted molar refractivity (Wildman–Crippen MR) is 167 cm³/mol.